The maximum Gasteiger partial charge on any atom is 0.135 e. The number of hydrogen-bond acceptors (Lipinski definition) is 4. The van der Waals surface area contributed by atoms with Crippen LogP contribution < -0.4 is 4.90 Å². The zero-order valence-electron chi connectivity index (χ0n) is 11.7. The van der Waals surface area contributed by atoms with Crippen molar-refractivity contribution in [2.24, 2.45) is 0 Å². The van der Waals surface area contributed by atoms with E-state index in [1.54, 1.807) is 11.3 Å². The highest BCUT2D eigenvalue weighted by molar-refractivity contribution is 7.09. The Hall–Kier alpha value is -1.13. The topological polar surface area (TPSA) is 29.0 Å². The first-order valence-corrected chi connectivity index (χ1v) is 8.23. The van der Waals surface area contributed by atoms with Crippen molar-refractivity contribution in [1.82, 2.24) is 9.97 Å². The normalized spacial score (nSPS) is 14.8. The number of rotatable bonds is 5. The molecular formula is C15H18ClN3S. The Balaban J connectivity index is 1.90. The minimum absolute atomic E-state index is 0.370. The second kappa shape index (κ2) is 5.70. The van der Waals surface area contributed by atoms with Crippen molar-refractivity contribution in [3.05, 3.63) is 39.4 Å². The third kappa shape index (κ3) is 3.13. The molecule has 0 spiro atoms. The first-order chi connectivity index (χ1) is 9.63. The van der Waals surface area contributed by atoms with E-state index >= 15 is 0 Å². The molecule has 0 saturated heterocycles. The van der Waals surface area contributed by atoms with E-state index in [1.165, 1.54) is 17.7 Å². The maximum atomic E-state index is 6.18. The van der Waals surface area contributed by atoms with Crippen LogP contribution in [0.1, 0.15) is 43.3 Å². The van der Waals surface area contributed by atoms with Crippen LogP contribution >= 0.6 is 22.9 Å². The Morgan fingerprint density at radius 2 is 2.20 bits per heavy atom. The van der Waals surface area contributed by atoms with Crippen LogP contribution in [0, 0.1) is 0 Å². The Morgan fingerprint density at radius 1 is 1.40 bits per heavy atom. The van der Waals surface area contributed by atoms with Gasteiger partial charge in [0, 0.05) is 22.9 Å². The Labute approximate surface area is 128 Å². The zero-order valence-corrected chi connectivity index (χ0v) is 13.3. The number of nitrogens with zero attached hydrogens (tertiary/aromatic N) is 3. The molecule has 0 atom stereocenters. The smallest absolute Gasteiger partial charge is 0.135 e. The molecule has 3 rings (SSSR count). The van der Waals surface area contributed by atoms with Crippen LogP contribution in [0.2, 0.25) is 5.15 Å². The zero-order chi connectivity index (χ0) is 14.1. The minimum atomic E-state index is 0.370. The molecule has 1 aliphatic carbocycles. The first kappa shape index (κ1) is 13.8. The van der Waals surface area contributed by atoms with Crippen molar-refractivity contribution >= 4 is 28.8 Å². The van der Waals surface area contributed by atoms with Crippen LogP contribution in [-0.2, 0) is 6.54 Å². The Bertz CT molecular complexity index is 579. The van der Waals surface area contributed by atoms with Gasteiger partial charge in [-0.2, -0.15) is 0 Å². The lowest BCUT2D eigenvalue weighted by atomic mass is 10.3. The lowest BCUT2D eigenvalue weighted by Crippen LogP contribution is -2.31. The molecule has 0 N–H and O–H groups in total. The lowest BCUT2D eigenvalue weighted by Gasteiger charge is -2.27. The molecule has 1 saturated carbocycles. The maximum absolute atomic E-state index is 6.18. The standard InChI is InChI=1S/C15H18ClN3S/c1-10(2)19(9-12-4-3-7-20-12)14-8-13(16)17-15(18-14)11-5-6-11/h3-4,7-8,10-11H,5-6,9H2,1-2H3. The highest BCUT2D eigenvalue weighted by Crippen LogP contribution is 2.39. The van der Waals surface area contributed by atoms with Gasteiger partial charge in [-0.3, -0.25) is 0 Å². The Morgan fingerprint density at radius 3 is 2.80 bits per heavy atom. The minimum Gasteiger partial charge on any atom is -0.349 e. The predicted octanol–water partition coefficient (Wildman–Crippen LogP) is 4.48. The molecule has 3 nitrogen and oxygen atoms in total. The summed E-state index contributed by atoms with van der Waals surface area (Å²) in [7, 11) is 0. The first-order valence-electron chi connectivity index (χ1n) is 6.97. The summed E-state index contributed by atoms with van der Waals surface area (Å²) in [6.07, 6.45) is 2.37. The summed E-state index contributed by atoms with van der Waals surface area (Å²) in [6, 6.07) is 6.49. The molecule has 5 heteroatoms. The summed E-state index contributed by atoms with van der Waals surface area (Å²) >= 11 is 7.95. The van der Waals surface area contributed by atoms with E-state index in [0.29, 0.717) is 17.1 Å². The second-order valence-electron chi connectivity index (χ2n) is 5.48. The fourth-order valence-electron chi connectivity index (χ4n) is 2.19. The van der Waals surface area contributed by atoms with E-state index in [0.717, 1.165) is 18.2 Å². The van der Waals surface area contributed by atoms with E-state index in [4.69, 9.17) is 16.6 Å². The quantitative estimate of drug-likeness (QED) is 0.762. The number of thiophene rings is 1. The van der Waals surface area contributed by atoms with Gasteiger partial charge in [-0.15, -0.1) is 11.3 Å². The highest BCUT2D eigenvalue weighted by atomic mass is 35.5. The van der Waals surface area contributed by atoms with Crippen molar-refractivity contribution in [1.29, 1.82) is 0 Å². The number of halogens is 1. The summed E-state index contributed by atoms with van der Waals surface area (Å²) in [5, 5.41) is 2.66. The number of anilines is 1. The molecule has 0 aromatic carbocycles. The number of aromatic nitrogens is 2. The van der Waals surface area contributed by atoms with E-state index < -0.39 is 0 Å². The summed E-state index contributed by atoms with van der Waals surface area (Å²) < 4.78 is 0. The highest BCUT2D eigenvalue weighted by Gasteiger charge is 2.28. The van der Waals surface area contributed by atoms with Crippen molar-refractivity contribution in [3.8, 4) is 0 Å². The van der Waals surface area contributed by atoms with E-state index in [9.17, 15) is 0 Å². The van der Waals surface area contributed by atoms with Crippen LogP contribution in [0.4, 0.5) is 5.82 Å². The van der Waals surface area contributed by atoms with Gasteiger partial charge in [0.05, 0.1) is 6.54 Å². The average Bonchev–Trinajstić information content (AvgIpc) is 3.13. The van der Waals surface area contributed by atoms with Gasteiger partial charge in [-0.1, -0.05) is 17.7 Å². The average molecular weight is 308 g/mol. The SMILES string of the molecule is CC(C)N(Cc1cccs1)c1cc(Cl)nc(C2CC2)n1. The fourth-order valence-corrected chi connectivity index (χ4v) is 3.08. The van der Waals surface area contributed by atoms with Crippen LogP contribution in [0.3, 0.4) is 0 Å². The van der Waals surface area contributed by atoms with Gasteiger partial charge in [0.2, 0.25) is 0 Å². The summed E-state index contributed by atoms with van der Waals surface area (Å²) in [5.41, 5.74) is 0. The van der Waals surface area contributed by atoms with Crippen molar-refractivity contribution in [2.75, 3.05) is 4.90 Å². The molecular weight excluding hydrogens is 290 g/mol. The van der Waals surface area contributed by atoms with Crippen LogP contribution in [0.5, 0.6) is 0 Å². The Kier molecular flexibility index (Phi) is 3.94. The molecule has 106 valence electrons. The van der Waals surface area contributed by atoms with Crippen molar-refractivity contribution < 1.29 is 0 Å². The van der Waals surface area contributed by atoms with E-state index in [1.807, 2.05) is 6.07 Å². The van der Waals surface area contributed by atoms with Crippen LogP contribution in [-0.4, -0.2) is 16.0 Å². The lowest BCUT2D eigenvalue weighted by molar-refractivity contribution is 0.672. The number of hydrogen-bond donors (Lipinski definition) is 0. The van der Waals surface area contributed by atoms with Gasteiger partial charge in [-0.05, 0) is 38.1 Å². The van der Waals surface area contributed by atoms with E-state index in [2.05, 4.69) is 41.2 Å². The van der Waals surface area contributed by atoms with Gasteiger partial charge in [-0.25, -0.2) is 9.97 Å². The van der Waals surface area contributed by atoms with Crippen LogP contribution in [0.15, 0.2) is 23.6 Å². The summed E-state index contributed by atoms with van der Waals surface area (Å²) in [4.78, 5) is 12.7. The second-order valence-corrected chi connectivity index (χ2v) is 6.90. The molecule has 2 heterocycles. The van der Waals surface area contributed by atoms with Gasteiger partial charge in [0.15, 0.2) is 0 Å². The summed E-state index contributed by atoms with van der Waals surface area (Å²) in [5.74, 6) is 2.36. The largest absolute Gasteiger partial charge is 0.349 e. The monoisotopic (exact) mass is 307 g/mol. The molecule has 0 unspecified atom stereocenters. The van der Waals surface area contributed by atoms with Crippen LogP contribution in [0.25, 0.3) is 0 Å². The fraction of sp³-hybridized carbons (Fsp3) is 0.467. The van der Waals surface area contributed by atoms with Gasteiger partial charge in [0.25, 0.3) is 0 Å². The molecule has 0 bridgehead atoms. The van der Waals surface area contributed by atoms with Gasteiger partial charge >= 0.3 is 0 Å². The molecule has 0 amide bonds. The van der Waals surface area contributed by atoms with E-state index in [-0.39, 0.29) is 0 Å². The molecule has 2 aromatic rings. The summed E-state index contributed by atoms with van der Waals surface area (Å²) in [6.45, 7) is 5.23. The van der Waals surface area contributed by atoms with Crippen molar-refractivity contribution in [3.63, 3.8) is 0 Å². The molecule has 0 aliphatic heterocycles. The van der Waals surface area contributed by atoms with Gasteiger partial charge < -0.3 is 4.90 Å². The molecule has 0 radical (unpaired) electrons. The predicted molar refractivity (Wildman–Crippen MR) is 84.7 cm³/mol. The molecule has 1 aliphatic rings. The third-order valence-electron chi connectivity index (χ3n) is 3.47. The molecule has 20 heavy (non-hydrogen) atoms. The van der Waals surface area contributed by atoms with Crippen molar-refractivity contribution in [2.45, 2.75) is 45.2 Å². The third-order valence-corrected chi connectivity index (χ3v) is 4.52. The van der Waals surface area contributed by atoms with Gasteiger partial charge in [0.1, 0.15) is 16.8 Å². The molecule has 2 aromatic heterocycles. The molecule has 1 fully saturated rings.